The number of rotatable bonds is 6. The van der Waals surface area contributed by atoms with E-state index in [1.165, 1.54) is 5.56 Å². The van der Waals surface area contributed by atoms with Gasteiger partial charge in [0.25, 0.3) is 0 Å². The molecule has 1 amide bonds. The Morgan fingerprint density at radius 1 is 1.21 bits per heavy atom. The number of aryl methyl sites for hydroxylation is 1. The summed E-state index contributed by atoms with van der Waals surface area (Å²) < 4.78 is 0. The van der Waals surface area contributed by atoms with Crippen LogP contribution < -0.4 is 5.32 Å². The van der Waals surface area contributed by atoms with E-state index < -0.39 is 0 Å². The van der Waals surface area contributed by atoms with E-state index in [2.05, 4.69) is 16.8 Å². The van der Waals surface area contributed by atoms with E-state index in [0.717, 1.165) is 23.4 Å². The number of hydrogen-bond acceptors (Lipinski definition) is 2. The molecule has 1 aromatic heterocycles. The summed E-state index contributed by atoms with van der Waals surface area (Å²) in [7, 11) is 0. The molecular weight excluding hydrogens is 278 g/mol. The van der Waals surface area contributed by atoms with Crippen LogP contribution in [0.2, 0.25) is 5.02 Å². The lowest BCUT2D eigenvalue weighted by molar-refractivity contribution is -0.121. The van der Waals surface area contributed by atoms with E-state index in [1.54, 1.807) is 11.3 Å². The zero-order valence-corrected chi connectivity index (χ0v) is 12.1. The molecule has 2 rings (SSSR count). The second kappa shape index (κ2) is 7.31. The molecule has 0 atom stereocenters. The first-order valence-electron chi connectivity index (χ1n) is 6.26. The molecule has 0 unspecified atom stereocenters. The predicted molar refractivity (Wildman–Crippen MR) is 80.8 cm³/mol. The second-order valence-electron chi connectivity index (χ2n) is 4.36. The van der Waals surface area contributed by atoms with E-state index in [0.29, 0.717) is 13.0 Å². The van der Waals surface area contributed by atoms with Crippen molar-refractivity contribution in [1.82, 2.24) is 5.32 Å². The van der Waals surface area contributed by atoms with Crippen molar-refractivity contribution in [3.05, 3.63) is 57.2 Å². The van der Waals surface area contributed by atoms with Gasteiger partial charge < -0.3 is 5.32 Å². The summed E-state index contributed by atoms with van der Waals surface area (Å²) in [5, 5.41) is 7.79. The van der Waals surface area contributed by atoms with Crippen LogP contribution in [0.4, 0.5) is 0 Å². The minimum Gasteiger partial charge on any atom is -0.356 e. The maximum absolute atomic E-state index is 11.7. The van der Waals surface area contributed by atoms with Crippen molar-refractivity contribution in [1.29, 1.82) is 0 Å². The quantitative estimate of drug-likeness (QED) is 0.864. The lowest BCUT2D eigenvalue weighted by Gasteiger charge is -2.05. The first kappa shape index (κ1) is 14.1. The van der Waals surface area contributed by atoms with Crippen LogP contribution >= 0.6 is 22.9 Å². The molecule has 0 radical (unpaired) electrons. The van der Waals surface area contributed by atoms with Crippen molar-refractivity contribution in [2.45, 2.75) is 19.3 Å². The third-order valence-corrected chi connectivity index (χ3v) is 3.81. The number of carbonyl (C=O) groups is 1. The molecule has 0 bridgehead atoms. The summed E-state index contributed by atoms with van der Waals surface area (Å²) in [4.78, 5) is 11.7. The lowest BCUT2D eigenvalue weighted by atomic mass is 10.1. The van der Waals surface area contributed by atoms with Gasteiger partial charge in [0.1, 0.15) is 0 Å². The maximum atomic E-state index is 11.7. The van der Waals surface area contributed by atoms with Gasteiger partial charge in [0, 0.05) is 18.0 Å². The van der Waals surface area contributed by atoms with Crippen LogP contribution in [-0.2, 0) is 17.6 Å². The highest BCUT2D eigenvalue weighted by Gasteiger charge is 2.02. The summed E-state index contributed by atoms with van der Waals surface area (Å²) in [6.07, 6.45) is 2.17. The van der Waals surface area contributed by atoms with E-state index >= 15 is 0 Å². The highest BCUT2D eigenvalue weighted by Crippen LogP contribution is 2.11. The van der Waals surface area contributed by atoms with Gasteiger partial charge in [-0.1, -0.05) is 23.7 Å². The number of thiophene rings is 1. The molecule has 1 heterocycles. The molecule has 0 fully saturated rings. The van der Waals surface area contributed by atoms with Gasteiger partial charge >= 0.3 is 0 Å². The molecule has 4 heteroatoms. The summed E-state index contributed by atoms with van der Waals surface area (Å²) in [6, 6.07) is 9.78. The Balaban J connectivity index is 1.66. The molecule has 0 aliphatic carbocycles. The Bertz CT molecular complexity index is 525. The zero-order chi connectivity index (χ0) is 13.5. The molecule has 0 saturated carbocycles. The van der Waals surface area contributed by atoms with Crippen LogP contribution in [-0.4, -0.2) is 12.5 Å². The summed E-state index contributed by atoms with van der Waals surface area (Å²) in [5.41, 5.74) is 2.38. The number of benzene rings is 1. The van der Waals surface area contributed by atoms with E-state index in [1.807, 2.05) is 29.6 Å². The molecule has 0 saturated heterocycles. The van der Waals surface area contributed by atoms with Crippen molar-refractivity contribution in [2.75, 3.05) is 6.54 Å². The molecule has 1 aromatic carbocycles. The van der Waals surface area contributed by atoms with Crippen molar-refractivity contribution >= 4 is 28.8 Å². The number of hydrogen-bond donors (Lipinski definition) is 1. The fraction of sp³-hybridized carbons (Fsp3) is 0.267. The first-order valence-corrected chi connectivity index (χ1v) is 7.58. The summed E-state index contributed by atoms with van der Waals surface area (Å²) in [6.45, 7) is 0.656. The second-order valence-corrected chi connectivity index (χ2v) is 5.58. The first-order chi connectivity index (χ1) is 9.24. The van der Waals surface area contributed by atoms with Gasteiger partial charge in [0.15, 0.2) is 0 Å². The number of nitrogens with one attached hydrogen (secondary N) is 1. The number of halogens is 1. The van der Waals surface area contributed by atoms with Gasteiger partial charge in [-0.15, -0.1) is 0 Å². The standard InChI is InChI=1S/C15H16ClNOS/c16-14-3-1-2-12(10-14)6-8-17-15(18)5-4-13-7-9-19-11-13/h1-3,7,9-11H,4-6,8H2,(H,17,18). The Morgan fingerprint density at radius 3 is 2.84 bits per heavy atom. The van der Waals surface area contributed by atoms with Crippen molar-refractivity contribution in [2.24, 2.45) is 0 Å². The van der Waals surface area contributed by atoms with Gasteiger partial charge in [-0.25, -0.2) is 0 Å². The average molecular weight is 294 g/mol. The van der Waals surface area contributed by atoms with Crippen LogP contribution in [0.25, 0.3) is 0 Å². The zero-order valence-electron chi connectivity index (χ0n) is 10.6. The summed E-state index contributed by atoms with van der Waals surface area (Å²) in [5.74, 6) is 0.105. The van der Waals surface area contributed by atoms with Crippen LogP contribution in [0, 0.1) is 0 Å². The minimum atomic E-state index is 0.105. The van der Waals surface area contributed by atoms with Gasteiger partial charge in [-0.05, 0) is 52.9 Å². The highest BCUT2D eigenvalue weighted by molar-refractivity contribution is 7.07. The topological polar surface area (TPSA) is 29.1 Å². The van der Waals surface area contributed by atoms with Crippen molar-refractivity contribution in [3.63, 3.8) is 0 Å². The monoisotopic (exact) mass is 293 g/mol. The Hall–Kier alpha value is -1.32. The van der Waals surface area contributed by atoms with Crippen molar-refractivity contribution < 1.29 is 4.79 Å². The maximum Gasteiger partial charge on any atom is 0.220 e. The molecule has 1 N–H and O–H groups in total. The smallest absolute Gasteiger partial charge is 0.220 e. The Kier molecular flexibility index (Phi) is 5.43. The third kappa shape index (κ3) is 5.05. The molecule has 0 spiro atoms. The van der Waals surface area contributed by atoms with E-state index in [9.17, 15) is 4.79 Å². The van der Waals surface area contributed by atoms with Gasteiger partial charge in [-0.3, -0.25) is 4.79 Å². The van der Waals surface area contributed by atoms with Gasteiger partial charge in [0.2, 0.25) is 5.91 Å². The fourth-order valence-electron chi connectivity index (χ4n) is 1.82. The highest BCUT2D eigenvalue weighted by atomic mass is 35.5. The molecular formula is C15H16ClNOS. The van der Waals surface area contributed by atoms with Gasteiger partial charge in [0.05, 0.1) is 0 Å². The number of carbonyl (C=O) groups excluding carboxylic acids is 1. The molecule has 2 nitrogen and oxygen atoms in total. The average Bonchev–Trinajstić information content (AvgIpc) is 2.89. The lowest BCUT2D eigenvalue weighted by Crippen LogP contribution is -2.25. The molecule has 2 aromatic rings. The molecule has 100 valence electrons. The van der Waals surface area contributed by atoms with Crippen molar-refractivity contribution in [3.8, 4) is 0 Å². The molecule has 0 aliphatic rings. The fourth-order valence-corrected chi connectivity index (χ4v) is 2.74. The van der Waals surface area contributed by atoms with Crippen LogP contribution in [0.15, 0.2) is 41.1 Å². The van der Waals surface area contributed by atoms with E-state index in [-0.39, 0.29) is 5.91 Å². The van der Waals surface area contributed by atoms with Crippen LogP contribution in [0.1, 0.15) is 17.5 Å². The molecule has 19 heavy (non-hydrogen) atoms. The largest absolute Gasteiger partial charge is 0.356 e. The Labute approximate surface area is 122 Å². The third-order valence-electron chi connectivity index (χ3n) is 2.85. The summed E-state index contributed by atoms with van der Waals surface area (Å²) >= 11 is 7.57. The normalized spacial score (nSPS) is 10.4. The Morgan fingerprint density at radius 2 is 2.11 bits per heavy atom. The molecule has 0 aliphatic heterocycles. The predicted octanol–water partition coefficient (Wildman–Crippen LogP) is 3.69. The van der Waals surface area contributed by atoms with Crippen LogP contribution in [0.3, 0.4) is 0 Å². The van der Waals surface area contributed by atoms with E-state index in [4.69, 9.17) is 11.6 Å². The van der Waals surface area contributed by atoms with Crippen LogP contribution in [0.5, 0.6) is 0 Å². The SMILES string of the molecule is O=C(CCc1ccsc1)NCCc1cccc(Cl)c1. The van der Waals surface area contributed by atoms with Gasteiger partial charge in [-0.2, -0.15) is 11.3 Å². The minimum absolute atomic E-state index is 0.105. The number of amides is 1.